The van der Waals surface area contributed by atoms with E-state index in [1.807, 2.05) is 23.0 Å². The molecule has 0 bridgehead atoms. The highest BCUT2D eigenvalue weighted by molar-refractivity contribution is 7.15. The van der Waals surface area contributed by atoms with E-state index in [2.05, 4.69) is 10.3 Å². The highest BCUT2D eigenvalue weighted by Gasteiger charge is 2.14. The molecule has 1 N–H and O–H groups in total. The molecule has 0 aliphatic carbocycles. The predicted molar refractivity (Wildman–Crippen MR) is 72.3 cm³/mol. The number of nitrogens with zero attached hydrogens (tertiary/aromatic N) is 2. The topological polar surface area (TPSA) is 38.6 Å². The van der Waals surface area contributed by atoms with E-state index in [4.69, 9.17) is 4.74 Å². The van der Waals surface area contributed by atoms with Crippen molar-refractivity contribution >= 4 is 16.3 Å². The molecule has 98 valence electrons. The fourth-order valence-corrected chi connectivity index (χ4v) is 2.59. The Hall–Kier alpha value is -1.92. The molecule has 0 saturated carbocycles. The lowest BCUT2D eigenvalue weighted by molar-refractivity contribution is 0.452. The monoisotopic (exact) mass is 277 g/mol. The molecule has 6 heteroatoms. The van der Waals surface area contributed by atoms with Crippen molar-refractivity contribution in [3.63, 3.8) is 0 Å². The van der Waals surface area contributed by atoms with Crippen molar-refractivity contribution in [3.8, 4) is 11.6 Å². The van der Waals surface area contributed by atoms with Gasteiger partial charge < -0.3 is 10.1 Å². The van der Waals surface area contributed by atoms with Crippen molar-refractivity contribution in [2.75, 3.05) is 7.05 Å². The fraction of sp³-hybridized carbons (Fsp3) is 0.154. The van der Waals surface area contributed by atoms with Crippen LogP contribution in [0.5, 0.6) is 11.6 Å². The van der Waals surface area contributed by atoms with Crippen LogP contribution in [0.2, 0.25) is 0 Å². The molecule has 0 spiro atoms. The molecule has 0 saturated heterocycles. The zero-order valence-corrected chi connectivity index (χ0v) is 11.1. The number of rotatable bonds is 4. The van der Waals surface area contributed by atoms with Crippen molar-refractivity contribution in [2.24, 2.45) is 0 Å². The molecule has 0 radical (unpaired) electrons. The number of ether oxygens (including phenoxy) is 1. The Morgan fingerprint density at radius 1 is 1.47 bits per heavy atom. The van der Waals surface area contributed by atoms with Crippen molar-refractivity contribution in [2.45, 2.75) is 6.54 Å². The molecule has 19 heavy (non-hydrogen) atoms. The zero-order valence-electron chi connectivity index (χ0n) is 10.3. The second-order valence-corrected chi connectivity index (χ2v) is 4.88. The number of aromatic nitrogens is 2. The Balaban J connectivity index is 1.99. The van der Waals surface area contributed by atoms with E-state index in [-0.39, 0.29) is 5.82 Å². The fourth-order valence-electron chi connectivity index (χ4n) is 1.86. The van der Waals surface area contributed by atoms with E-state index in [0.29, 0.717) is 18.2 Å². The van der Waals surface area contributed by atoms with Gasteiger partial charge in [0, 0.05) is 24.2 Å². The molecule has 0 aliphatic rings. The molecule has 4 nitrogen and oxygen atoms in total. The number of hydrogen-bond acceptors (Lipinski definition) is 4. The number of halogens is 1. The molecule has 0 amide bonds. The van der Waals surface area contributed by atoms with E-state index in [1.165, 1.54) is 23.5 Å². The van der Waals surface area contributed by atoms with Gasteiger partial charge in [-0.1, -0.05) is 6.07 Å². The summed E-state index contributed by atoms with van der Waals surface area (Å²) in [7, 11) is 1.86. The smallest absolute Gasteiger partial charge is 0.243 e. The summed E-state index contributed by atoms with van der Waals surface area (Å²) >= 11 is 1.53. The minimum absolute atomic E-state index is 0.325. The molecule has 1 aromatic carbocycles. The van der Waals surface area contributed by atoms with Crippen LogP contribution < -0.4 is 10.1 Å². The number of nitrogens with one attached hydrogen (secondary N) is 1. The van der Waals surface area contributed by atoms with Gasteiger partial charge in [0.15, 0.2) is 4.96 Å². The van der Waals surface area contributed by atoms with Crippen LogP contribution in [0.25, 0.3) is 4.96 Å². The minimum Gasteiger partial charge on any atom is -0.437 e. The molecule has 3 rings (SSSR count). The van der Waals surface area contributed by atoms with Crippen molar-refractivity contribution in [1.29, 1.82) is 0 Å². The van der Waals surface area contributed by atoms with Crippen LogP contribution in [0.4, 0.5) is 4.39 Å². The van der Waals surface area contributed by atoms with Gasteiger partial charge in [0.05, 0.1) is 0 Å². The van der Waals surface area contributed by atoms with Crippen molar-refractivity contribution in [3.05, 3.63) is 47.4 Å². The minimum atomic E-state index is -0.325. The summed E-state index contributed by atoms with van der Waals surface area (Å²) in [5.74, 6) is 0.628. The average Bonchev–Trinajstić information content (AvgIpc) is 2.93. The Morgan fingerprint density at radius 3 is 3.16 bits per heavy atom. The van der Waals surface area contributed by atoms with Gasteiger partial charge in [-0.15, -0.1) is 11.3 Å². The first-order valence-electron chi connectivity index (χ1n) is 5.80. The average molecular weight is 277 g/mol. The molecular formula is C13H12FN3OS. The highest BCUT2D eigenvalue weighted by atomic mass is 32.1. The Bertz CT molecular complexity index is 707. The van der Waals surface area contributed by atoms with Gasteiger partial charge in [0.2, 0.25) is 5.88 Å². The first kappa shape index (κ1) is 12.1. The van der Waals surface area contributed by atoms with Gasteiger partial charge >= 0.3 is 0 Å². The van der Waals surface area contributed by atoms with Gasteiger partial charge in [-0.2, -0.15) is 4.98 Å². The van der Waals surface area contributed by atoms with E-state index in [0.717, 1.165) is 10.7 Å². The Morgan fingerprint density at radius 2 is 2.37 bits per heavy atom. The SMILES string of the molecule is CNCc1c(Oc2cccc(F)c2)nc2sccn12. The number of thiazole rings is 1. The van der Waals surface area contributed by atoms with Crippen LogP contribution >= 0.6 is 11.3 Å². The summed E-state index contributed by atoms with van der Waals surface area (Å²) in [5.41, 5.74) is 0.919. The normalized spacial score (nSPS) is 11.1. The van der Waals surface area contributed by atoms with Gasteiger partial charge in [-0.25, -0.2) is 4.39 Å². The third-order valence-electron chi connectivity index (χ3n) is 2.68. The van der Waals surface area contributed by atoms with Crippen LogP contribution in [0.15, 0.2) is 35.8 Å². The molecule has 0 unspecified atom stereocenters. The maximum absolute atomic E-state index is 13.1. The van der Waals surface area contributed by atoms with Gasteiger partial charge in [-0.3, -0.25) is 4.40 Å². The summed E-state index contributed by atoms with van der Waals surface area (Å²) < 4.78 is 20.8. The Kier molecular flexibility index (Phi) is 3.18. The molecule has 2 aromatic heterocycles. The van der Waals surface area contributed by atoms with Crippen molar-refractivity contribution in [1.82, 2.24) is 14.7 Å². The molecular weight excluding hydrogens is 265 g/mol. The first-order valence-corrected chi connectivity index (χ1v) is 6.68. The van der Waals surface area contributed by atoms with Crippen molar-refractivity contribution < 1.29 is 9.13 Å². The van der Waals surface area contributed by atoms with E-state index in [1.54, 1.807) is 12.1 Å². The zero-order chi connectivity index (χ0) is 13.2. The molecule has 2 heterocycles. The van der Waals surface area contributed by atoms with Crippen LogP contribution in [0, 0.1) is 5.82 Å². The van der Waals surface area contributed by atoms with E-state index < -0.39 is 0 Å². The highest BCUT2D eigenvalue weighted by Crippen LogP contribution is 2.28. The quantitative estimate of drug-likeness (QED) is 0.796. The van der Waals surface area contributed by atoms with Gasteiger partial charge in [-0.05, 0) is 19.2 Å². The van der Waals surface area contributed by atoms with Crippen LogP contribution in [-0.4, -0.2) is 16.4 Å². The predicted octanol–water partition coefficient (Wildman–Crippen LogP) is 3.05. The van der Waals surface area contributed by atoms with Crippen LogP contribution in [-0.2, 0) is 6.54 Å². The lowest BCUT2D eigenvalue weighted by atomic mass is 10.3. The van der Waals surface area contributed by atoms with Gasteiger partial charge in [0.1, 0.15) is 17.3 Å². The maximum Gasteiger partial charge on any atom is 0.243 e. The molecule has 0 aliphatic heterocycles. The summed E-state index contributed by atoms with van der Waals surface area (Å²) in [4.78, 5) is 5.27. The molecule has 3 aromatic rings. The first-order chi connectivity index (χ1) is 9.28. The van der Waals surface area contributed by atoms with Crippen LogP contribution in [0.3, 0.4) is 0 Å². The molecule has 0 fully saturated rings. The lowest BCUT2D eigenvalue weighted by Gasteiger charge is -2.05. The van der Waals surface area contributed by atoms with Gasteiger partial charge in [0.25, 0.3) is 0 Å². The van der Waals surface area contributed by atoms with Crippen LogP contribution in [0.1, 0.15) is 5.69 Å². The lowest BCUT2D eigenvalue weighted by Crippen LogP contribution is -2.08. The standard InChI is InChI=1S/C13H12FN3OS/c1-15-8-11-12(16-13-17(11)5-6-19-13)18-10-4-2-3-9(14)7-10/h2-7,15H,8H2,1H3. The number of fused-ring (bicyclic) bond motifs is 1. The van der Waals surface area contributed by atoms with E-state index in [9.17, 15) is 4.39 Å². The summed E-state index contributed by atoms with van der Waals surface area (Å²) in [5, 5.41) is 5.05. The third-order valence-corrected chi connectivity index (χ3v) is 3.44. The second-order valence-electron chi connectivity index (χ2n) is 4.01. The Labute approximate surface area is 113 Å². The second kappa shape index (κ2) is 4.99. The number of hydrogen-bond donors (Lipinski definition) is 1. The molecule has 0 atom stereocenters. The maximum atomic E-state index is 13.1. The largest absolute Gasteiger partial charge is 0.437 e. The third kappa shape index (κ3) is 2.32. The summed E-state index contributed by atoms with van der Waals surface area (Å²) in [6.07, 6.45) is 1.94. The summed E-state index contributed by atoms with van der Waals surface area (Å²) in [6, 6.07) is 6.05. The van der Waals surface area contributed by atoms with E-state index >= 15 is 0 Å². The number of benzene rings is 1. The summed E-state index contributed by atoms with van der Waals surface area (Å²) in [6.45, 7) is 0.628. The number of imidazole rings is 1.